The van der Waals surface area contributed by atoms with Crippen LogP contribution in [0.15, 0.2) is 30.3 Å². The third-order valence-corrected chi connectivity index (χ3v) is 2.76. The highest BCUT2D eigenvalue weighted by molar-refractivity contribution is 5.67. The second-order valence-electron chi connectivity index (χ2n) is 4.32. The first-order chi connectivity index (χ1) is 9.79. The summed E-state index contributed by atoms with van der Waals surface area (Å²) < 4.78 is 5.17. The molecule has 2 rings (SSSR count). The van der Waals surface area contributed by atoms with Crippen LogP contribution in [-0.4, -0.2) is 26.7 Å². The van der Waals surface area contributed by atoms with E-state index in [1.807, 2.05) is 37.3 Å². The highest BCUT2D eigenvalue weighted by Gasteiger charge is 2.18. The molecule has 0 fully saturated rings. The zero-order valence-corrected chi connectivity index (χ0v) is 11.2. The SMILES string of the molecule is CCC[C@@H](NC(=O)OCc1ccccc1)c1nn[nH]n1. The molecule has 0 unspecified atom stereocenters. The summed E-state index contributed by atoms with van der Waals surface area (Å²) >= 11 is 0. The van der Waals surface area contributed by atoms with Gasteiger partial charge in [0.2, 0.25) is 0 Å². The first-order valence-electron chi connectivity index (χ1n) is 6.50. The molecule has 0 radical (unpaired) electrons. The Morgan fingerprint density at radius 3 is 2.85 bits per heavy atom. The van der Waals surface area contributed by atoms with Crippen LogP contribution >= 0.6 is 0 Å². The van der Waals surface area contributed by atoms with Gasteiger partial charge in [-0.2, -0.15) is 5.21 Å². The summed E-state index contributed by atoms with van der Waals surface area (Å²) in [7, 11) is 0. The Kier molecular flexibility index (Phi) is 5.05. The monoisotopic (exact) mass is 275 g/mol. The van der Waals surface area contributed by atoms with Crippen molar-refractivity contribution in [3.05, 3.63) is 41.7 Å². The third-order valence-electron chi connectivity index (χ3n) is 2.76. The number of H-pyrrole nitrogens is 1. The molecule has 106 valence electrons. The lowest BCUT2D eigenvalue weighted by Crippen LogP contribution is -2.29. The molecule has 7 nitrogen and oxygen atoms in total. The van der Waals surface area contributed by atoms with E-state index in [0.29, 0.717) is 5.82 Å². The predicted molar refractivity (Wildman–Crippen MR) is 71.6 cm³/mol. The Morgan fingerprint density at radius 1 is 1.40 bits per heavy atom. The first-order valence-corrected chi connectivity index (χ1v) is 6.50. The van der Waals surface area contributed by atoms with Crippen LogP contribution in [0.2, 0.25) is 0 Å². The Labute approximate surface area is 116 Å². The van der Waals surface area contributed by atoms with E-state index >= 15 is 0 Å². The van der Waals surface area contributed by atoms with Gasteiger partial charge in [-0.05, 0) is 12.0 Å². The van der Waals surface area contributed by atoms with E-state index in [-0.39, 0.29) is 12.6 Å². The van der Waals surface area contributed by atoms with Crippen LogP contribution in [0.3, 0.4) is 0 Å². The summed E-state index contributed by atoms with van der Waals surface area (Å²) in [6, 6.07) is 9.22. The molecule has 0 saturated heterocycles. The van der Waals surface area contributed by atoms with Crippen molar-refractivity contribution in [2.45, 2.75) is 32.4 Å². The Hall–Kier alpha value is -2.44. The normalized spacial score (nSPS) is 11.8. The number of alkyl carbamates (subject to hydrolysis) is 1. The van der Waals surface area contributed by atoms with Crippen molar-refractivity contribution in [1.29, 1.82) is 0 Å². The molecule has 0 aliphatic rings. The van der Waals surface area contributed by atoms with E-state index in [1.54, 1.807) is 0 Å². The van der Waals surface area contributed by atoms with Gasteiger partial charge < -0.3 is 10.1 Å². The van der Waals surface area contributed by atoms with Crippen molar-refractivity contribution in [2.75, 3.05) is 0 Å². The summed E-state index contributed by atoms with van der Waals surface area (Å²) in [6.45, 7) is 2.25. The van der Waals surface area contributed by atoms with Crippen LogP contribution < -0.4 is 5.32 Å². The van der Waals surface area contributed by atoms with Crippen LogP contribution in [0, 0.1) is 0 Å². The van der Waals surface area contributed by atoms with Crippen molar-refractivity contribution >= 4 is 6.09 Å². The van der Waals surface area contributed by atoms with Crippen LogP contribution in [-0.2, 0) is 11.3 Å². The Bertz CT molecular complexity index is 515. The van der Waals surface area contributed by atoms with E-state index in [9.17, 15) is 4.79 Å². The highest BCUT2D eigenvalue weighted by atomic mass is 16.5. The Morgan fingerprint density at radius 2 is 2.20 bits per heavy atom. The molecule has 1 atom stereocenters. The minimum absolute atomic E-state index is 0.234. The number of hydrogen-bond donors (Lipinski definition) is 2. The topological polar surface area (TPSA) is 92.8 Å². The van der Waals surface area contributed by atoms with Gasteiger partial charge in [0, 0.05) is 0 Å². The van der Waals surface area contributed by atoms with Gasteiger partial charge in [0.25, 0.3) is 0 Å². The fourth-order valence-electron chi connectivity index (χ4n) is 1.78. The number of hydrogen-bond acceptors (Lipinski definition) is 5. The molecule has 0 aliphatic carbocycles. The van der Waals surface area contributed by atoms with E-state index in [1.165, 1.54) is 0 Å². The van der Waals surface area contributed by atoms with E-state index in [4.69, 9.17) is 4.74 Å². The third kappa shape index (κ3) is 4.04. The number of tetrazole rings is 1. The second kappa shape index (κ2) is 7.22. The lowest BCUT2D eigenvalue weighted by Gasteiger charge is -2.14. The number of amides is 1. The molecule has 2 N–H and O–H groups in total. The predicted octanol–water partition coefficient (Wildman–Crippen LogP) is 1.97. The second-order valence-corrected chi connectivity index (χ2v) is 4.32. The number of ether oxygens (including phenoxy) is 1. The van der Waals surface area contributed by atoms with Gasteiger partial charge in [-0.15, -0.1) is 10.2 Å². The number of nitrogens with zero attached hydrogens (tertiary/aromatic N) is 3. The van der Waals surface area contributed by atoms with E-state index < -0.39 is 6.09 Å². The van der Waals surface area contributed by atoms with Gasteiger partial charge in [0.15, 0.2) is 5.82 Å². The highest BCUT2D eigenvalue weighted by Crippen LogP contribution is 2.13. The zero-order chi connectivity index (χ0) is 14.2. The molecule has 1 amide bonds. The maximum Gasteiger partial charge on any atom is 0.408 e. The lowest BCUT2D eigenvalue weighted by molar-refractivity contribution is 0.134. The molecule has 2 aromatic rings. The molecule has 0 bridgehead atoms. The molecule has 1 aromatic carbocycles. The van der Waals surface area contributed by atoms with E-state index in [0.717, 1.165) is 18.4 Å². The van der Waals surface area contributed by atoms with E-state index in [2.05, 4.69) is 25.9 Å². The summed E-state index contributed by atoms with van der Waals surface area (Å²) in [5.74, 6) is 0.462. The van der Waals surface area contributed by atoms with Crippen molar-refractivity contribution < 1.29 is 9.53 Å². The van der Waals surface area contributed by atoms with Gasteiger partial charge in [-0.1, -0.05) is 48.9 Å². The number of carbonyl (C=O) groups excluding carboxylic acids is 1. The zero-order valence-electron chi connectivity index (χ0n) is 11.2. The van der Waals surface area contributed by atoms with Gasteiger partial charge in [-0.3, -0.25) is 0 Å². The molecule has 20 heavy (non-hydrogen) atoms. The van der Waals surface area contributed by atoms with Crippen LogP contribution in [0.1, 0.15) is 37.2 Å². The minimum Gasteiger partial charge on any atom is -0.445 e. The van der Waals surface area contributed by atoms with Crippen LogP contribution in [0.4, 0.5) is 4.79 Å². The lowest BCUT2D eigenvalue weighted by atomic mass is 10.1. The molecule has 0 aliphatic heterocycles. The molecular weight excluding hydrogens is 258 g/mol. The van der Waals surface area contributed by atoms with Crippen LogP contribution in [0.5, 0.6) is 0 Å². The summed E-state index contributed by atoms with van der Waals surface area (Å²) in [4.78, 5) is 11.8. The average Bonchev–Trinajstić information content (AvgIpc) is 3.00. The number of carbonyl (C=O) groups is 1. The maximum absolute atomic E-state index is 11.8. The molecule has 0 saturated carbocycles. The quantitative estimate of drug-likeness (QED) is 0.840. The van der Waals surface area contributed by atoms with Gasteiger partial charge in [-0.25, -0.2) is 4.79 Å². The number of benzene rings is 1. The fraction of sp³-hybridized carbons (Fsp3) is 0.385. The minimum atomic E-state index is -0.489. The standard InChI is InChI=1S/C13H17N5O2/c1-2-6-11(12-15-17-18-16-12)14-13(19)20-9-10-7-4-3-5-8-10/h3-5,7-8,11H,2,6,9H2,1H3,(H,14,19)(H,15,16,17,18)/t11-/m1/s1. The maximum atomic E-state index is 11.8. The molecule has 0 spiro atoms. The first kappa shape index (κ1) is 14.0. The number of aromatic nitrogens is 4. The summed E-state index contributed by atoms with van der Waals surface area (Å²) in [5, 5.41) is 16.4. The number of aromatic amines is 1. The fourth-order valence-corrected chi connectivity index (χ4v) is 1.78. The van der Waals surface area contributed by atoms with Crippen molar-refractivity contribution in [3.63, 3.8) is 0 Å². The van der Waals surface area contributed by atoms with Crippen LogP contribution in [0.25, 0.3) is 0 Å². The molecule has 7 heteroatoms. The van der Waals surface area contributed by atoms with Gasteiger partial charge in [0.1, 0.15) is 6.61 Å². The molecule has 1 aromatic heterocycles. The Balaban J connectivity index is 1.86. The summed E-state index contributed by atoms with van der Waals surface area (Å²) in [6.07, 6.45) is 1.12. The summed E-state index contributed by atoms with van der Waals surface area (Å²) in [5.41, 5.74) is 0.939. The molecule has 1 heterocycles. The number of rotatable bonds is 6. The van der Waals surface area contributed by atoms with Crippen molar-refractivity contribution in [1.82, 2.24) is 25.9 Å². The van der Waals surface area contributed by atoms with Crippen molar-refractivity contribution in [3.8, 4) is 0 Å². The smallest absolute Gasteiger partial charge is 0.408 e. The largest absolute Gasteiger partial charge is 0.445 e. The molecular formula is C13H17N5O2. The number of nitrogens with one attached hydrogen (secondary N) is 2. The van der Waals surface area contributed by atoms with Crippen molar-refractivity contribution in [2.24, 2.45) is 0 Å². The van der Waals surface area contributed by atoms with Gasteiger partial charge in [0.05, 0.1) is 6.04 Å². The van der Waals surface area contributed by atoms with Gasteiger partial charge >= 0.3 is 6.09 Å². The average molecular weight is 275 g/mol.